The number of primary amides is 1. The maximum atomic E-state index is 12.3. The molecule has 2 rings (SSSR count). The second-order valence-electron chi connectivity index (χ2n) is 9.97. The summed E-state index contributed by atoms with van der Waals surface area (Å²) >= 11 is 0. The first-order valence-electron chi connectivity index (χ1n) is 12.4. The number of rotatable bonds is 11. The molecule has 0 spiro atoms. The summed E-state index contributed by atoms with van der Waals surface area (Å²) in [4.78, 5) is 45.3. The fraction of sp³-hybridized carbons (Fsp3) is 0.500. The Morgan fingerprint density at radius 2 is 1.78 bits per heavy atom. The Bertz CT molecular complexity index is 1110. The molecule has 11 heteroatoms. The van der Waals surface area contributed by atoms with Crippen molar-refractivity contribution in [2.75, 3.05) is 17.2 Å². The number of ether oxygens (including phenoxy) is 1. The minimum Gasteiger partial charge on any atom is -0.444 e. The molecule has 1 atom stereocenters. The number of nitrogens with two attached hydrogens (primary N) is 1. The predicted octanol–water partition coefficient (Wildman–Crippen LogP) is 3.27. The summed E-state index contributed by atoms with van der Waals surface area (Å²) in [6.45, 7) is 13.1. The SMILES string of the molecule is CCc1nc(C(N)=O)c(Nc2cccc(CCNC(=O)[C@H](C)NC(=O)OC(C)(C)C)c2)nc1NC(C)C. The summed E-state index contributed by atoms with van der Waals surface area (Å²) in [5.74, 6) is -0.130. The number of nitrogens with one attached hydrogen (secondary N) is 4. The summed E-state index contributed by atoms with van der Waals surface area (Å²) < 4.78 is 5.18. The Labute approximate surface area is 218 Å². The first-order chi connectivity index (χ1) is 17.3. The van der Waals surface area contributed by atoms with Gasteiger partial charge in [0.1, 0.15) is 17.5 Å². The number of alkyl carbamates (subject to hydrolysis) is 1. The average molecular weight is 514 g/mol. The Kier molecular flexibility index (Phi) is 10.2. The van der Waals surface area contributed by atoms with Crippen molar-refractivity contribution in [3.8, 4) is 0 Å². The van der Waals surface area contributed by atoms with Crippen molar-refractivity contribution in [2.45, 2.75) is 79.0 Å². The monoisotopic (exact) mass is 513 g/mol. The summed E-state index contributed by atoms with van der Waals surface area (Å²) in [5, 5.41) is 11.7. The van der Waals surface area contributed by atoms with Gasteiger partial charge in [-0.1, -0.05) is 19.1 Å². The number of hydrogen-bond acceptors (Lipinski definition) is 8. The predicted molar refractivity (Wildman–Crippen MR) is 144 cm³/mol. The molecule has 2 aromatic rings. The van der Waals surface area contributed by atoms with Crippen molar-refractivity contribution in [3.63, 3.8) is 0 Å². The molecule has 0 radical (unpaired) electrons. The van der Waals surface area contributed by atoms with Crippen LogP contribution in [-0.4, -0.2) is 52.1 Å². The van der Waals surface area contributed by atoms with E-state index in [1.165, 1.54) is 0 Å². The molecule has 1 heterocycles. The highest BCUT2D eigenvalue weighted by molar-refractivity contribution is 5.96. The van der Waals surface area contributed by atoms with Crippen LogP contribution in [0.4, 0.5) is 22.1 Å². The number of aryl methyl sites for hydroxylation is 1. The molecule has 0 aliphatic heterocycles. The lowest BCUT2D eigenvalue weighted by atomic mass is 10.1. The molecule has 0 fully saturated rings. The topological polar surface area (TPSA) is 160 Å². The first kappa shape index (κ1) is 29.3. The van der Waals surface area contributed by atoms with Crippen molar-refractivity contribution in [1.82, 2.24) is 20.6 Å². The van der Waals surface area contributed by atoms with Crippen molar-refractivity contribution < 1.29 is 19.1 Å². The van der Waals surface area contributed by atoms with Crippen LogP contribution in [0.2, 0.25) is 0 Å². The fourth-order valence-electron chi connectivity index (χ4n) is 3.34. The Morgan fingerprint density at radius 1 is 1.08 bits per heavy atom. The molecular weight excluding hydrogens is 474 g/mol. The molecule has 11 nitrogen and oxygen atoms in total. The van der Waals surface area contributed by atoms with Gasteiger partial charge >= 0.3 is 6.09 Å². The number of aromatic nitrogens is 2. The Hall–Kier alpha value is -3.89. The highest BCUT2D eigenvalue weighted by Crippen LogP contribution is 2.23. The van der Waals surface area contributed by atoms with Crippen LogP contribution in [0.5, 0.6) is 0 Å². The smallest absolute Gasteiger partial charge is 0.408 e. The van der Waals surface area contributed by atoms with Crippen molar-refractivity contribution >= 4 is 35.2 Å². The number of benzene rings is 1. The molecule has 37 heavy (non-hydrogen) atoms. The van der Waals surface area contributed by atoms with Gasteiger partial charge in [0.25, 0.3) is 5.91 Å². The van der Waals surface area contributed by atoms with Crippen molar-refractivity contribution in [3.05, 3.63) is 41.2 Å². The maximum Gasteiger partial charge on any atom is 0.408 e. The minimum atomic E-state index is -0.742. The number of carbonyl (C=O) groups excluding carboxylic acids is 3. The number of nitrogens with zero attached hydrogens (tertiary/aromatic N) is 2. The molecule has 6 N–H and O–H groups in total. The van der Waals surface area contributed by atoms with Crippen LogP contribution in [0.25, 0.3) is 0 Å². The van der Waals surface area contributed by atoms with E-state index in [2.05, 4.69) is 31.2 Å². The zero-order valence-corrected chi connectivity index (χ0v) is 22.7. The Morgan fingerprint density at radius 3 is 2.38 bits per heavy atom. The van der Waals surface area contributed by atoms with E-state index in [0.717, 1.165) is 5.56 Å². The van der Waals surface area contributed by atoms with Gasteiger partial charge in [0.15, 0.2) is 11.5 Å². The van der Waals surface area contributed by atoms with Crippen molar-refractivity contribution in [1.29, 1.82) is 0 Å². The third kappa shape index (κ3) is 9.59. The summed E-state index contributed by atoms with van der Waals surface area (Å²) in [7, 11) is 0. The third-order valence-electron chi connectivity index (χ3n) is 4.99. The minimum absolute atomic E-state index is 0.0651. The maximum absolute atomic E-state index is 12.3. The van der Waals surface area contributed by atoms with E-state index in [0.29, 0.717) is 36.6 Å². The number of hydrogen-bond donors (Lipinski definition) is 5. The highest BCUT2D eigenvalue weighted by atomic mass is 16.6. The van der Waals surface area contributed by atoms with E-state index in [1.54, 1.807) is 27.7 Å². The molecule has 0 saturated carbocycles. The van der Waals surface area contributed by atoms with Crippen LogP contribution >= 0.6 is 0 Å². The van der Waals surface area contributed by atoms with Gasteiger partial charge in [-0.3, -0.25) is 9.59 Å². The summed E-state index contributed by atoms with van der Waals surface area (Å²) in [6, 6.07) is 6.90. The van der Waals surface area contributed by atoms with Gasteiger partial charge < -0.3 is 31.7 Å². The van der Waals surface area contributed by atoms with Crippen molar-refractivity contribution in [2.24, 2.45) is 5.73 Å². The molecule has 1 aromatic carbocycles. The van der Waals surface area contributed by atoms with Gasteiger partial charge in [-0.15, -0.1) is 0 Å². The molecule has 0 saturated heterocycles. The van der Waals surface area contributed by atoms with Gasteiger partial charge in [0.2, 0.25) is 5.91 Å². The average Bonchev–Trinajstić information content (AvgIpc) is 2.77. The molecular formula is C26H39N7O4. The second-order valence-corrected chi connectivity index (χ2v) is 9.97. The van der Waals surface area contributed by atoms with E-state index in [9.17, 15) is 14.4 Å². The largest absolute Gasteiger partial charge is 0.444 e. The fourth-order valence-corrected chi connectivity index (χ4v) is 3.34. The lowest BCUT2D eigenvalue weighted by molar-refractivity contribution is -0.122. The second kappa shape index (κ2) is 12.9. The van der Waals surface area contributed by atoms with Crippen LogP contribution in [0.15, 0.2) is 24.3 Å². The lowest BCUT2D eigenvalue weighted by Crippen LogP contribution is -2.46. The summed E-state index contributed by atoms with van der Waals surface area (Å²) in [6.07, 6.45) is 0.491. The Balaban J connectivity index is 2.05. The van der Waals surface area contributed by atoms with Crippen LogP contribution in [0.1, 0.15) is 70.2 Å². The van der Waals surface area contributed by atoms with Gasteiger partial charge in [0, 0.05) is 18.3 Å². The third-order valence-corrected chi connectivity index (χ3v) is 4.99. The molecule has 202 valence electrons. The van der Waals surface area contributed by atoms with Crippen LogP contribution < -0.4 is 27.0 Å². The van der Waals surface area contributed by atoms with E-state index in [4.69, 9.17) is 10.5 Å². The van der Waals surface area contributed by atoms with Gasteiger partial charge in [-0.25, -0.2) is 14.8 Å². The van der Waals surface area contributed by atoms with Gasteiger partial charge in [-0.2, -0.15) is 0 Å². The highest BCUT2D eigenvalue weighted by Gasteiger charge is 2.21. The molecule has 3 amide bonds. The van der Waals surface area contributed by atoms with Crippen LogP contribution in [-0.2, 0) is 22.4 Å². The van der Waals surface area contributed by atoms with Crippen LogP contribution in [0.3, 0.4) is 0 Å². The zero-order valence-electron chi connectivity index (χ0n) is 22.7. The van der Waals surface area contributed by atoms with Gasteiger partial charge in [-0.05, 0) is 72.1 Å². The molecule has 1 aromatic heterocycles. The molecule has 0 aliphatic rings. The van der Waals surface area contributed by atoms with E-state index in [-0.39, 0.29) is 23.5 Å². The van der Waals surface area contributed by atoms with Crippen LogP contribution in [0, 0.1) is 0 Å². The summed E-state index contributed by atoms with van der Waals surface area (Å²) in [5.41, 5.74) is 7.29. The molecule has 0 aliphatic carbocycles. The van der Waals surface area contributed by atoms with Gasteiger partial charge in [0.05, 0.1) is 5.69 Å². The van der Waals surface area contributed by atoms with E-state index >= 15 is 0 Å². The zero-order chi connectivity index (χ0) is 27.8. The standard InChI is InChI=1S/C26H39N7O4/c1-8-19-22(29-15(2)3)33-23(20(32-19)21(27)34)31-18-11-9-10-17(14-18)12-13-28-24(35)16(4)30-25(36)37-26(5,6)7/h9-11,14-16H,8,12-13H2,1-7H3,(H2,27,34)(H,28,35)(H,30,36)(H2,29,31,33)/t16-/m0/s1. The number of amides is 3. The molecule has 0 unspecified atom stereocenters. The first-order valence-corrected chi connectivity index (χ1v) is 12.4. The quantitative estimate of drug-likeness (QED) is 0.306. The lowest BCUT2D eigenvalue weighted by Gasteiger charge is -2.21. The van der Waals surface area contributed by atoms with E-state index < -0.39 is 23.6 Å². The number of carbonyl (C=O) groups is 3. The number of anilines is 3. The van der Waals surface area contributed by atoms with E-state index in [1.807, 2.05) is 45.0 Å². The molecule has 0 bridgehead atoms. The normalized spacial score (nSPS) is 12.0.